The first-order valence-corrected chi connectivity index (χ1v) is 6.60. The highest BCUT2D eigenvalue weighted by molar-refractivity contribution is 5.89. The summed E-state index contributed by atoms with van der Waals surface area (Å²) in [5, 5.41) is 8.98. The Kier molecular flexibility index (Phi) is 4.37. The summed E-state index contributed by atoms with van der Waals surface area (Å²) in [6.07, 6.45) is 3.94. The predicted molar refractivity (Wildman–Crippen MR) is 77.0 cm³/mol. The van der Waals surface area contributed by atoms with Crippen molar-refractivity contribution in [2.75, 3.05) is 0 Å². The van der Waals surface area contributed by atoms with E-state index in [0.717, 1.165) is 6.42 Å². The van der Waals surface area contributed by atoms with Gasteiger partial charge >= 0.3 is 11.5 Å². The van der Waals surface area contributed by atoms with Crippen molar-refractivity contribution in [3.63, 3.8) is 0 Å². The summed E-state index contributed by atoms with van der Waals surface area (Å²) in [7, 11) is 0. The molecule has 6 nitrogen and oxygen atoms in total. The standard InChI is InChI=1S/C15H16N2O4/c1-3-7-17-8-6-16-13(14(17)18)21-11-4-5-12(15(19)20)10(2)9-11/h4-6,8-9H,3,7H2,1-2H3,(H,19,20). The van der Waals surface area contributed by atoms with Gasteiger partial charge in [-0.1, -0.05) is 6.92 Å². The molecule has 0 saturated heterocycles. The molecule has 0 bridgehead atoms. The van der Waals surface area contributed by atoms with Crippen molar-refractivity contribution in [1.82, 2.24) is 9.55 Å². The molecular weight excluding hydrogens is 272 g/mol. The Morgan fingerprint density at radius 2 is 2.19 bits per heavy atom. The molecule has 0 atom stereocenters. The van der Waals surface area contributed by atoms with Crippen LogP contribution in [0.1, 0.15) is 29.3 Å². The third-order valence-corrected chi connectivity index (χ3v) is 2.99. The molecule has 2 rings (SSSR count). The molecule has 0 aliphatic rings. The zero-order valence-electron chi connectivity index (χ0n) is 11.9. The molecule has 2 aromatic rings. The summed E-state index contributed by atoms with van der Waals surface area (Å²) in [6, 6.07) is 4.52. The zero-order valence-corrected chi connectivity index (χ0v) is 11.9. The number of aromatic carboxylic acids is 1. The lowest BCUT2D eigenvalue weighted by atomic mass is 10.1. The van der Waals surface area contributed by atoms with Crippen molar-refractivity contribution in [1.29, 1.82) is 0 Å². The van der Waals surface area contributed by atoms with Crippen molar-refractivity contribution in [2.24, 2.45) is 0 Å². The van der Waals surface area contributed by atoms with E-state index in [1.165, 1.54) is 22.9 Å². The normalized spacial score (nSPS) is 10.4. The van der Waals surface area contributed by atoms with Crippen LogP contribution in [0.15, 0.2) is 35.4 Å². The highest BCUT2D eigenvalue weighted by atomic mass is 16.5. The van der Waals surface area contributed by atoms with Gasteiger partial charge in [0.25, 0.3) is 5.88 Å². The van der Waals surface area contributed by atoms with E-state index in [1.54, 1.807) is 19.2 Å². The Morgan fingerprint density at radius 1 is 1.43 bits per heavy atom. The molecule has 0 amide bonds. The summed E-state index contributed by atoms with van der Waals surface area (Å²) >= 11 is 0. The highest BCUT2D eigenvalue weighted by Crippen LogP contribution is 2.20. The number of nitrogens with zero attached hydrogens (tertiary/aromatic N) is 2. The van der Waals surface area contributed by atoms with E-state index < -0.39 is 5.97 Å². The summed E-state index contributed by atoms with van der Waals surface area (Å²) < 4.78 is 7.00. The molecule has 0 unspecified atom stereocenters. The van der Waals surface area contributed by atoms with Crippen LogP contribution in [0.4, 0.5) is 0 Å². The summed E-state index contributed by atoms with van der Waals surface area (Å²) in [4.78, 5) is 27.0. The van der Waals surface area contributed by atoms with E-state index in [2.05, 4.69) is 4.98 Å². The van der Waals surface area contributed by atoms with Gasteiger partial charge in [-0.2, -0.15) is 0 Å². The van der Waals surface area contributed by atoms with Crippen molar-refractivity contribution < 1.29 is 14.6 Å². The molecule has 1 heterocycles. The molecule has 110 valence electrons. The van der Waals surface area contributed by atoms with Gasteiger partial charge < -0.3 is 14.4 Å². The zero-order chi connectivity index (χ0) is 15.4. The van der Waals surface area contributed by atoms with Gasteiger partial charge in [-0.25, -0.2) is 9.78 Å². The monoisotopic (exact) mass is 288 g/mol. The smallest absolute Gasteiger partial charge is 0.335 e. The van der Waals surface area contributed by atoms with Crippen LogP contribution in [0.2, 0.25) is 0 Å². The number of aryl methyl sites for hydroxylation is 2. The Labute approximate surface area is 121 Å². The van der Waals surface area contributed by atoms with Gasteiger partial charge in [-0.15, -0.1) is 0 Å². The number of carboxylic acids is 1. The second-order valence-corrected chi connectivity index (χ2v) is 4.61. The summed E-state index contributed by atoms with van der Waals surface area (Å²) in [5.41, 5.74) is 0.455. The second kappa shape index (κ2) is 6.21. The van der Waals surface area contributed by atoms with Crippen molar-refractivity contribution in [3.05, 3.63) is 52.1 Å². The fourth-order valence-electron chi connectivity index (χ4n) is 1.97. The van der Waals surface area contributed by atoms with Crippen LogP contribution in [0.3, 0.4) is 0 Å². The van der Waals surface area contributed by atoms with Crippen LogP contribution in [0, 0.1) is 6.92 Å². The van der Waals surface area contributed by atoms with Gasteiger partial charge in [0.1, 0.15) is 5.75 Å². The van der Waals surface area contributed by atoms with Gasteiger partial charge in [0.15, 0.2) is 0 Å². The number of carboxylic acid groups (broad SMARTS) is 1. The second-order valence-electron chi connectivity index (χ2n) is 4.61. The molecule has 1 aromatic carbocycles. The Hall–Kier alpha value is -2.63. The fourth-order valence-corrected chi connectivity index (χ4v) is 1.97. The molecule has 0 saturated carbocycles. The number of benzene rings is 1. The lowest BCUT2D eigenvalue weighted by molar-refractivity contribution is 0.0696. The van der Waals surface area contributed by atoms with Crippen LogP contribution in [0.25, 0.3) is 0 Å². The molecule has 1 N–H and O–H groups in total. The van der Waals surface area contributed by atoms with Gasteiger partial charge in [0.2, 0.25) is 0 Å². The van der Waals surface area contributed by atoms with Gasteiger partial charge in [0, 0.05) is 18.9 Å². The van der Waals surface area contributed by atoms with E-state index in [9.17, 15) is 9.59 Å². The van der Waals surface area contributed by atoms with Gasteiger partial charge in [-0.05, 0) is 37.1 Å². The van der Waals surface area contributed by atoms with Crippen LogP contribution in [-0.2, 0) is 6.54 Å². The number of ether oxygens (including phenoxy) is 1. The average molecular weight is 288 g/mol. The lowest BCUT2D eigenvalue weighted by Crippen LogP contribution is -2.21. The largest absolute Gasteiger partial charge is 0.478 e. The van der Waals surface area contributed by atoms with E-state index in [-0.39, 0.29) is 17.0 Å². The van der Waals surface area contributed by atoms with E-state index in [4.69, 9.17) is 9.84 Å². The molecule has 21 heavy (non-hydrogen) atoms. The number of rotatable bonds is 5. The minimum atomic E-state index is -0.998. The first-order valence-electron chi connectivity index (χ1n) is 6.60. The van der Waals surface area contributed by atoms with Crippen LogP contribution in [-0.4, -0.2) is 20.6 Å². The van der Waals surface area contributed by atoms with Crippen LogP contribution in [0.5, 0.6) is 11.6 Å². The maximum Gasteiger partial charge on any atom is 0.335 e. The lowest BCUT2D eigenvalue weighted by Gasteiger charge is -2.08. The summed E-state index contributed by atoms with van der Waals surface area (Å²) in [5.74, 6) is -0.632. The third kappa shape index (κ3) is 3.28. The molecule has 0 aliphatic heterocycles. The minimum absolute atomic E-state index is 0.0200. The number of aromatic nitrogens is 2. The quantitative estimate of drug-likeness (QED) is 0.914. The SMILES string of the molecule is CCCn1ccnc(Oc2ccc(C(=O)O)c(C)c2)c1=O. The average Bonchev–Trinajstić information content (AvgIpc) is 2.43. The maximum absolute atomic E-state index is 12.1. The molecule has 0 radical (unpaired) electrons. The van der Waals surface area contributed by atoms with E-state index >= 15 is 0 Å². The molecule has 0 spiro atoms. The fraction of sp³-hybridized carbons (Fsp3) is 0.267. The molecule has 0 aliphatic carbocycles. The van der Waals surface area contributed by atoms with Crippen LogP contribution >= 0.6 is 0 Å². The summed E-state index contributed by atoms with van der Waals surface area (Å²) in [6.45, 7) is 4.24. The Morgan fingerprint density at radius 3 is 2.81 bits per heavy atom. The first-order chi connectivity index (χ1) is 10.0. The van der Waals surface area contributed by atoms with Gasteiger partial charge in [0.05, 0.1) is 5.56 Å². The van der Waals surface area contributed by atoms with Crippen LogP contribution < -0.4 is 10.3 Å². The molecule has 1 aromatic heterocycles. The topological polar surface area (TPSA) is 81.4 Å². The van der Waals surface area contributed by atoms with E-state index in [0.29, 0.717) is 17.9 Å². The molecular formula is C15H16N2O4. The third-order valence-electron chi connectivity index (χ3n) is 2.99. The Balaban J connectivity index is 2.31. The highest BCUT2D eigenvalue weighted by Gasteiger charge is 2.11. The molecule has 6 heteroatoms. The molecule has 0 fully saturated rings. The maximum atomic E-state index is 12.1. The van der Waals surface area contributed by atoms with Gasteiger partial charge in [-0.3, -0.25) is 4.79 Å². The van der Waals surface area contributed by atoms with E-state index in [1.807, 2.05) is 6.92 Å². The first kappa shape index (κ1) is 14.8. The van der Waals surface area contributed by atoms with Crippen molar-refractivity contribution in [2.45, 2.75) is 26.8 Å². The number of carbonyl (C=O) groups is 1. The number of hydrogen-bond donors (Lipinski definition) is 1. The van der Waals surface area contributed by atoms with Crippen molar-refractivity contribution in [3.8, 4) is 11.6 Å². The predicted octanol–water partition coefficient (Wildman–Crippen LogP) is 2.45. The Bertz CT molecular complexity index is 722. The van der Waals surface area contributed by atoms with Crippen molar-refractivity contribution >= 4 is 5.97 Å². The number of hydrogen-bond acceptors (Lipinski definition) is 4. The minimum Gasteiger partial charge on any atom is -0.478 e.